The summed E-state index contributed by atoms with van der Waals surface area (Å²) in [7, 11) is -0.247. The van der Waals surface area contributed by atoms with E-state index in [4.69, 9.17) is 5.73 Å². The molecule has 1 saturated heterocycles. The molecule has 5 rings (SSSR count). The largest absolute Gasteiger partial charge is 0.383 e. The first kappa shape index (κ1) is 24.7. The van der Waals surface area contributed by atoms with Gasteiger partial charge in [-0.25, -0.2) is 14.2 Å². The molecule has 0 aliphatic carbocycles. The van der Waals surface area contributed by atoms with E-state index in [0.29, 0.717) is 39.9 Å². The molecule has 3 N–H and O–H groups in total. The highest BCUT2D eigenvalue weighted by molar-refractivity contribution is 7.95. The van der Waals surface area contributed by atoms with E-state index in [1.807, 2.05) is 60.1 Å². The van der Waals surface area contributed by atoms with E-state index in [1.165, 1.54) is 6.33 Å². The Labute approximate surface area is 216 Å². The minimum atomic E-state index is -2.19. The fourth-order valence-corrected chi connectivity index (χ4v) is 7.96. The molecular formula is C28H30N6O2S. The fraction of sp³-hybridized carbons (Fsp3) is 0.250. The van der Waals surface area contributed by atoms with Gasteiger partial charge in [-0.1, -0.05) is 44.7 Å². The number of nitrogens with two attached hydrogens (primary N) is 1. The maximum atomic E-state index is 12.9. The summed E-state index contributed by atoms with van der Waals surface area (Å²) in [4.78, 5) is 20.8. The molecule has 0 saturated carbocycles. The van der Waals surface area contributed by atoms with Crippen molar-refractivity contribution in [2.24, 2.45) is 16.8 Å². The minimum absolute atomic E-state index is 0.0821. The smallest absolute Gasteiger partial charge is 0.250 e. The van der Waals surface area contributed by atoms with Crippen LogP contribution in [0.5, 0.6) is 0 Å². The first-order valence-corrected chi connectivity index (χ1v) is 13.8. The Morgan fingerprint density at radius 1 is 1.08 bits per heavy atom. The van der Waals surface area contributed by atoms with Crippen molar-refractivity contribution in [1.29, 1.82) is 0 Å². The lowest BCUT2D eigenvalue weighted by atomic mass is 9.98. The molecule has 4 aromatic rings. The van der Waals surface area contributed by atoms with E-state index in [0.717, 1.165) is 27.8 Å². The average molecular weight is 515 g/mol. The molecule has 0 atom stereocenters. The lowest BCUT2D eigenvalue weighted by Gasteiger charge is -2.37. The molecule has 2 aromatic heterocycles. The van der Waals surface area contributed by atoms with Gasteiger partial charge in [0.25, 0.3) is 5.91 Å². The van der Waals surface area contributed by atoms with Crippen LogP contribution in [0.1, 0.15) is 20.8 Å². The summed E-state index contributed by atoms with van der Waals surface area (Å²) in [5.74, 6) is 1.40. The van der Waals surface area contributed by atoms with Crippen LogP contribution in [0.3, 0.4) is 0 Å². The van der Waals surface area contributed by atoms with E-state index in [2.05, 4.69) is 40.1 Å². The van der Waals surface area contributed by atoms with Gasteiger partial charge in [-0.05, 0) is 47.7 Å². The van der Waals surface area contributed by atoms with Gasteiger partial charge in [0.2, 0.25) is 0 Å². The summed E-state index contributed by atoms with van der Waals surface area (Å²) in [6, 6.07) is 15.3. The highest BCUT2D eigenvalue weighted by Gasteiger charge is 2.38. The van der Waals surface area contributed by atoms with Crippen LogP contribution in [0, 0.1) is 5.41 Å². The number of nitrogen functional groups attached to an aromatic ring is 1. The normalized spacial score (nSPS) is 15.7. The molecule has 1 fully saturated rings. The number of nitrogens with one attached hydrogen (secondary N) is 1. The molecule has 1 amide bonds. The molecule has 0 unspecified atom stereocenters. The van der Waals surface area contributed by atoms with Crippen molar-refractivity contribution in [3.63, 3.8) is 0 Å². The van der Waals surface area contributed by atoms with Gasteiger partial charge in [0.15, 0.2) is 0 Å². The monoisotopic (exact) mass is 514 g/mol. The van der Waals surface area contributed by atoms with E-state index >= 15 is 0 Å². The van der Waals surface area contributed by atoms with Gasteiger partial charge >= 0.3 is 0 Å². The average Bonchev–Trinajstić information content (AvgIpc) is 3.12. The highest BCUT2D eigenvalue weighted by Crippen LogP contribution is 2.42. The molecule has 190 valence electrons. The Hall–Kier alpha value is -3.98. The summed E-state index contributed by atoms with van der Waals surface area (Å²) in [5.41, 5.74) is 12.6. The van der Waals surface area contributed by atoms with Crippen LogP contribution >= 0.6 is 0 Å². The number of carbonyl (C=O) groups excluding carboxylic acids is 1. The summed E-state index contributed by atoms with van der Waals surface area (Å²) < 4.78 is 19.5. The number of nitrogens with zero attached hydrogens (tertiary/aromatic N) is 4. The van der Waals surface area contributed by atoms with E-state index in [9.17, 15) is 9.00 Å². The number of hydrogen-bond donors (Lipinski definition) is 2. The fourth-order valence-electron chi connectivity index (χ4n) is 4.97. The SMILES string of the molecule is C=C(C)C(=O)Nc1ccc(-c2c(-c3ccc(N=S4(=O)CC(C)(C)C4)cc3)c3c(N)ncnc3n2C)cc1. The van der Waals surface area contributed by atoms with Crippen LogP contribution in [0.15, 0.2) is 71.4 Å². The number of aromatic nitrogens is 3. The van der Waals surface area contributed by atoms with Crippen LogP contribution in [0.25, 0.3) is 33.4 Å². The number of fused-ring (bicyclic) bond motifs is 1. The van der Waals surface area contributed by atoms with Gasteiger partial charge < -0.3 is 15.6 Å². The quantitative estimate of drug-likeness (QED) is 0.339. The van der Waals surface area contributed by atoms with E-state index in [-0.39, 0.29) is 11.3 Å². The molecule has 0 bridgehead atoms. The van der Waals surface area contributed by atoms with Gasteiger partial charge in [0.1, 0.15) is 17.8 Å². The van der Waals surface area contributed by atoms with Gasteiger partial charge in [-0.3, -0.25) is 4.79 Å². The van der Waals surface area contributed by atoms with Gasteiger partial charge in [-0.2, -0.15) is 4.36 Å². The van der Waals surface area contributed by atoms with Crippen LogP contribution in [0.2, 0.25) is 0 Å². The highest BCUT2D eigenvalue weighted by atomic mass is 32.2. The second-order valence-electron chi connectivity index (χ2n) is 10.4. The van der Waals surface area contributed by atoms with Crippen LogP contribution in [-0.2, 0) is 21.6 Å². The zero-order chi connectivity index (χ0) is 26.5. The van der Waals surface area contributed by atoms with Crippen molar-refractivity contribution in [2.75, 3.05) is 22.6 Å². The first-order valence-electron chi connectivity index (χ1n) is 12.0. The minimum Gasteiger partial charge on any atom is -0.383 e. The number of rotatable bonds is 5. The van der Waals surface area contributed by atoms with Crippen molar-refractivity contribution in [3.8, 4) is 22.4 Å². The number of aryl methyl sites for hydroxylation is 1. The Kier molecular flexibility index (Phi) is 5.91. The maximum Gasteiger partial charge on any atom is 0.250 e. The summed E-state index contributed by atoms with van der Waals surface area (Å²) in [6.07, 6.45) is 1.46. The molecule has 0 spiro atoms. The molecule has 8 nitrogen and oxygen atoms in total. The third kappa shape index (κ3) is 4.62. The summed E-state index contributed by atoms with van der Waals surface area (Å²) in [5, 5.41) is 3.59. The predicted molar refractivity (Wildman–Crippen MR) is 151 cm³/mol. The molecular weight excluding hydrogens is 484 g/mol. The van der Waals surface area contributed by atoms with E-state index in [1.54, 1.807) is 6.92 Å². The standard InChI is InChI=1S/C28H30N6O2S/c1-17(2)27(35)32-20-10-8-19(9-11-20)24-22(23-25(29)30-16-31-26(23)34(24)5)18-6-12-21(13-7-18)33-37(36)14-28(3,4)15-37/h6-13,16H,1,14-15H2,2-5H3,(H,32,35)(H2,29,30,31). The van der Waals surface area contributed by atoms with Crippen molar-refractivity contribution < 1.29 is 9.00 Å². The number of amides is 1. The van der Waals surface area contributed by atoms with Crippen LogP contribution < -0.4 is 11.1 Å². The lowest BCUT2D eigenvalue weighted by molar-refractivity contribution is -0.112. The first-order chi connectivity index (χ1) is 17.5. The number of benzene rings is 2. The summed E-state index contributed by atoms with van der Waals surface area (Å²) >= 11 is 0. The zero-order valence-corrected chi connectivity index (χ0v) is 22.2. The van der Waals surface area contributed by atoms with Crippen molar-refractivity contribution in [1.82, 2.24) is 14.5 Å². The molecule has 37 heavy (non-hydrogen) atoms. The second-order valence-corrected chi connectivity index (χ2v) is 12.7. The topological polar surface area (TPSA) is 115 Å². The lowest BCUT2D eigenvalue weighted by Crippen LogP contribution is -2.43. The predicted octanol–water partition coefficient (Wildman–Crippen LogP) is 5.54. The van der Waals surface area contributed by atoms with Crippen molar-refractivity contribution >= 4 is 43.9 Å². The zero-order valence-electron chi connectivity index (χ0n) is 21.4. The number of hydrogen-bond acceptors (Lipinski definition) is 6. The van der Waals surface area contributed by atoms with Gasteiger partial charge in [-0.15, -0.1) is 0 Å². The van der Waals surface area contributed by atoms with Crippen LogP contribution in [-0.4, -0.2) is 36.2 Å². The van der Waals surface area contributed by atoms with Crippen molar-refractivity contribution in [2.45, 2.75) is 20.8 Å². The Morgan fingerprint density at radius 3 is 2.30 bits per heavy atom. The summed E-state index contributed by atoms with van der Waals surface area (Å²) in [6.45, 7) is 9.58. The molecule has 0 radical (unpaired) electrons. The molecule has 1 aliphatic heterocycles. The molecule has 2 aromatic carbocycles. The van der Waals surface area contributed by atoms with Crippen molar-refractivity contribution in [3.05, 3.63) is 67.0 Å². The Bertz CT molecular complexity index is 1660. The molecule has 9 heteroatoms. The maximum absolute atomic E-state index is 12.9. The van der Waals surface area contributed by atoms with Crippen LogP contribution in [0.4, 0.5) is 17.2 Å². The third-order valence-electron chi connectivity index (χ3n) is 6.46. The third-order valence-corrected chi connectivity index (χ3v) is 9.47. The van der Waals surface area contributed by atoms with E-state index < -0.39 is 9.73 Å². The number of anilines is 2. The Balaban J connectivity index is 1.59. The Morgan fingerprint density at radius 2 is 1.70 bits per heavy atom. The molecule has 1 aliphatic rings. The van der Waals surface area contributed by atoms with Gasteiger partial charge in [0, 0.05) is 35.4 Å². The molecule has 3 heterocycles. The number of carbonyl (C=O) groups is 1. The second kappa shape index (κ2) is 8.85. The van der Waals surface area contributed by atoms with Gasteiger partial charge in [0.05, 0.1) is 26.5 Å².